The van der Waals surface area contributed by atoms with Crippen molar-refractivity contribution in [1.29, 1.82) is 5.26 Å². The smallest absolute Gasteiger partial charge is 0.258 e. The van der Waals surface area contributed by atoms with E-state index in [1.54, 1.807) is 12.1 Å². The molecule has 5 heteroatoms. The van der Waals surface area contributed by atoms with Gasteiger partial charge < -0.3 is 10.1 Å². The summed E-state index contributed by atoms with van der Waals surface area (Å²) in [7, 11) is 0. The van der Waals surface area contributed by atoms with E-state index in [4.69, 9.17) is 21.6 Å². The van der Waals surface area contributed by atoms with Crippen LogP contribution in [0, 0.1) is 11.3 Å². The van der Waals surface area contributed by atoms with Gasteiger partial charge in [-0.2, -0.15) is 5.26 Å². The normalized spacial score (nSPS) is 10.6. The van der Waals surface area contributed by atoms with E-state index >= 15 is 0 Å². The van der Waals surface area contributed by atoms with Gasteiger partial charge in [0.15, 0.2) is 6.61 Å². The molecule has 4 nitrogen and oxygen atoms in total. The Bertz CT molecular complexity index is 487. The molecule has 1 amide bonds. The van der Waals surface area contributed by atoms with Crippen molar-refractivity contribution >= 4 is 17.5 Å². The molecule has 0 aliphatic rings. The van der Waals surface area contributed by atoms with Crippen molar-refractivity contribution in [2.75, 3.05) is 6.61 Å². The van der Waals surface area contributed by atoms with E-state index in [1.807, 2.05) is 26.8 Å². The minimum atomic E-state index is -0.313. The summed E-state index contributed by atoms with van der Waals surface area (Å²) >= 11 is 5.81. The Morgan fingerprint density at radius 2 is 2.17 bits per heavy atom. The molecule has 0 aromatic heterocycles. The van der Waals surface area contributed by atoms with E-state index in [0.29, 0.717) is 16.3 Å². The number of nitrogens with one attached hydrogen (secondary N) is 1. The van der Waals surface area contributed by atoms with Gasteiger partial charge >= 0.3 is 0 Å². The summed E-state index contributed by atoms with van der Waals surface area (Å²) in [6.45, 7) is 5.49. The van der Waals surface area contributed by atoms with E-state index in [0.717, 1.165) is 0 Å². The van der Waals surface area contributed by atoms with E-state index in [9.17, 15) is 4.79 Å². The molecule has 0 radical (unpaired) electrons. The Morgan fingerprint density at radius 3 is 2.72 bits per heavy atom. The number of hydrogen-bond donors (Lipinski definition) is 1. The minimum absolute atomic E-state index is 0.147. The maximum absolute atomic E-state index is 11.6. The number of amides is 1. The molecule has 0 spiro atoms. The van der Waals surface area contributed by atoms with Crippen LogP contribution in [0.2, 0.25) is 5.02 Å². The quantitative estimate of drug-likeness (QED) is 0.914. The number of halogens is 1. The highest BCUT2D eigenvalue weighted by Crippen LogP contribution is 2.22. The lowest BCUT2D eigenvalue weighted by atomic mass is 10.1. The van der Waals surface area contributed by atoms with Crippen molar-refractivity contribution in [3.05, 3.63) is 28.8 Å². The zero-order valence-electron chi connectivity index (χ0n) is 10.6. The fourth-order valence-electron chi connectivity index (χ4n) is 1.31. The van der Waals surface area contributed by atoms with E-state index in [2.05, 4.69) is 5.32 Å². The molecule has 0 heterocycles. The molecule has 0 saturated carbocycles. The first-order valence-corrected chi connectivity index (χ1v) is 5.83. The van der Waals surface area contributed by atoms with Crippen molar-refractivity contribution in [1.82, 2.24) is 5.32 Å². The van der Waals surface area contributed by atoms with Crippen LogP contribution >= 0.6 is 11.6 Å². The summed E-state index contributed by atoms with van der Waals surface area (Å²) in [5.41, 5.74) is 0.0373. The molecule has 0 saturated heterocycles. The molecule has 1 aromatic rings. The molecule has 0 unspecified atom stereocenters. The molecule has 0 aliphatic heterocycles. The molecule has 0 aliphatic carbocycles. The van der Waals surface area contributed by atoms with Crippen LogP contribution in [0.25, 0.3) is 0 Å². The summed E-state index contributed by atoms with van der Waals surface area (Å²) < 4.78 is 5.30. The Kier molecular flexibility index (Phi) is 4.57. The topological polar surface area (TPSA) is 62.1 Å². The Morgan fingerprint density at radius 1 is 1.50 bits per heavy atom. The van der Waals surface area contributed by atoms with Crippen LogP contribution in [0.5, 0.6) is 5.75 Å². The number of hydrogen-bond acceptors (Lipinski definition) is 3. The highest BCUT2D eigenvalue weighted by Gasteiger charge is 2.14. The predicted octanol–water partition coefficient (Wildman–Crippen LogP) is 2.51. The molecular weight excluding hydrogens is 252 g/mol. The van der Waals surface area contributed by atoms with Gasteiger partial charge in [0.25, 0.3) is 5.91 Å². The monoisotopic (exact) mass is 266 g/mol. The fraction of sp³-hybridized carbons (Fsp3) is 0.385. The SMILES string of the molecule is CC(C)(C)NC(=O)COc1cc(Cl)ccc1C#N. The highest BCUT2D eigenvalue weighted by atomic mass is 35.5. The second kappa shape index (κ2) is 5.74. The van der Waals surface area contributed by atoms with Gasteiger partial charge in [-0.3, -0.25) is 4.79 Å². The lowest BCUT2D eigenvalue weighted by Crippen LogP contribution is -2.43. The zero-order chi connectivity index (χ0) is 13.8. The van der Waals surface area contributed by atoms with Crippen LogP contribution in [0.4, 0.5) is 0 Å². The van der Waals surface area contributed by atoms with E-state index in [-0.39, 0.29) is 18.1 Å². The van der Waals surface area contributed by atoms with Crippen molar-refractivity contribution in [3.63, 3.8) is 0 Å². The van der Waals surface area contributed by atoms with Crippen LogP contribution in [0.15, 0.2) is 18.2 Å². The Hall–Kier alpha value is -1.73. The van der Waals surface area contributed by atoms with Crippen molar-refractivity contribution in [2.24, 2.45) is 0 Å². The van der Waals surface area contributed by atoms with Gasteiger partial charge in [0, 0.05) is 16.6 Å². The van der Waals surface area contributed by atoms with Crippen LogP contribution in [0.3, 0.4) is 0 Å². The predicted molar refractivity (Wildman–Crippen MR) is 69.6 cm³/mol. The Balaban J connectivity index is 2.67. The second-order valence-corrected chi connectivity index (χ2v) is 5.28. The largest absolute Gasteiger partial charge is 0.482 e. The fourth-order valence-corrected chi connectivity index (χ4v) is 1.47. The molecule has 96 valence electrons. The number of carbonyl (C=O) groups is 1. The van der Waals surface area contributed by atoms with Crippen LogP contribution in [0.1, 0.15) is 26.3 Å². The number of carbonyl (C=O) groups excluding carboxylic acids is 1. The third-order valence-corrected chi connectivity index (χ3v) is 2.17. The summed E-state index contributed by atoms with van der Waals surface area (Å²) in [6.07, 6.45) is 0. The molecular formula is C13H15ClN2O2. The summed E-state index contributed by atoms with van der Waals surface area (Å²) in [5, 5.41) is 12.1. The summed E-state index contributed by atoms with van der Waals surface area (Å²) in [5.74, 6) is 0.0698. The van der Waals surface area contributed by atoms with Crippen molar-refractivity contribution in [3.8, 4) is 11.8 Å². The van der Waals surface area contributed by atoms with Gasteiger partial charge in [-0.25, -0.2) is 0 Å². The van der Waals surface area contributed by atoms with Crippen molar-refractivity contribution < 1.29 is 9.53 Å². The average molecular weight is 267 g/mol. The maximum atomic E-state index is 11.6. The van der Waals surface area contributed by atoms with Crippen molar-refractivity contribution in [2.45, 2.75) is 26.3 Å². The summed E-state index contributed by atoms with van der Waals surface area (Å²) in [4.78, 5) is 11.6. The Labute approximate surface area is 112 Å². The number of nitrogens with zero attached hydrogens (tertiary/aromatic N) is 1. The first-order chi connectivity index (χ1) is 8.31. The zero-order valence-corrected chi connectivity index (χ0v) is 11.3. The molecule has 18 heavy (non-hydrogen) atoms. The molecule has 1 rings (SSSR count). The second-order valence-electron chi connectivity index (χ2n) is 4.84. The third kappa shape index (κ3) is 4.64. The van der Waals surface area contributed by atoms with E-state index in [1.165, 1.54) is 6.07 Å². The number of benzene rings is 1. The molecule has 1 N–H and O–H groups in total. The summed E-state index contributed by atoms with van der Waals surface area (Å²) in [6, 6.07) is 6.65. The number of ether oxygens (including phenoxy) is 1. The van der Waals surface area contributed by atoms with Gasteiger partial charge in [0.2, 0.25) is 0 Å². The van der Waals surface area contributed by atoms with Gasteiger partial charge in [-0.1, -0.05) is 11.6 Å². The lowest BCUT2D eigenvalue weighted by Gasteiger charge is -2.20. The van der Waals surface area contributed by atoms with Crippen LogP contribution in [-0.4, -0.2) is 18.1 Å². The minimum Gasteiger partial charge on any atom is -0.482 e. The first kappa shape index (κ1) is 14.3. The highest BCUT2D eigenvalue weighted by molar-refractivity contribution is 6.30. The van der Waals surface area contributed by atoms with Gasteiger partial charge in [0.05, 0.1) is 5.56 Å². The van der Waals surface area contributed by atoms with Gasteiger partial charge in [-0.15, -0.1) is 0 Å². The number of rotatable bonds is 3. The first-order valence-electron chi connectivity index (χ1n) is 5.45. The maximum Gasteiger partial charge on any atom is 0.258 e. The van der Waals surface area contributed by atoms with Gasteiger partial charge in [-0.05, 0) is 32.9 Å². The molecule has 0 bridgehead atoms. The van der Waals surface area contributed by atoms with Gasteiger partial charge in [0.1, 0.15) is 11.8 Å². The molecule has 0 fully saturated rings. The van der Waals surface area contributed by atoms with Crippen LogP contribution < -0.4 is 10.1 Å². The van der Waals surface area contributed by atoms with Crippen LogP contribution in [-0.2, 0) is 4.79 Å². The molecule has 1 aromatic carbocycles. The third-order valence-electron chi connectivity index (χ3n) is 1.94. The lowest BCUT2D eigenvalue weighted by molar-refractivity contribution is -0.124. The molecule has 0 atom stereocenters. The number of nitriles is 1. The standard InChI is InChI=1S/C13H15ClN2O2/c1-13(2,3)16-12(17)8-18-11-6-10(14)5-4-9(11)7-15/h4-6H,8H2,1-3H3,(H,16,17). The average Bonchev–Trinajstić information content (AvgIpc) is 2.24. The van der Waals surface area contributed by atoms with E-state index < -0.39 is 0 Å².